The van der Waals surface area contributed by atoms with Crippen LogP contribution in [0.15, 0.2) is 121 Å². The first-order valence-electron chi connectivity index (χ1n) is 29.3. The zero-order valence-corrected chi connectivity index (χ0v) is 50.2. The van der Waals surface area contributed by atoms with Crippen LogP contribution >= 0.6 is 0 Å². The van der Waals surface area contributed by atoms with E-state index in [-0.39, 0.29) is 44.6 Å². The quantitative estimate of drug-likeness (QED) is 0.159. The van der Waals surface area contributed by atoms with Crippen molar-refractivity contribution in [3.63, 3.8) is 0 Å². The molecule has 7 aromatic rings. The molecule has 0 atom stereocenters. The minimum atomic E-state index is -0.145. The van der Waals surface area contributed by atoms with Crippen molar-refractivity contribution in [3.8, 4) is 0 Å². The molecule has 0 aromatic heterocycles. The highest BCUT2D eigenvalue weighted by atomic mass is 15.2. The van der Waals surface area contributed by atoms with E-state index >= 15 is 0 Å². The maximum absolute atomic E-state index is 2.75. The summed E-state index contributed by atoms with van der Waals surface area (Å²) >= 11 is 0. The molecule has 0 N–H and O–H groups in total. The molecular weight excluding hydrogens is 930 g/mol. The average Bonchev–Trinajstić information content (AvgIpc) is 3.56. The number of hydrogen-bond acceptors (Lipinski definition) is 3. The molecule has 0 saturated carbocycles. The fourth-order valence-corrected chi connectivity index (χ4v) is 14.9. The molecule has 0 unspecified atom stereocenters. The molecule has 12 rings (SSSR count). The Morgan fingerprint density at radius 2 is 0.831 bits per heavy atom. The average molecular weight is 1020 g/mol. The van der Waals surface area contributed by atoms with Crippen LogP contribution in [-0.4, -0.2) is 6.71 Å². The normalized spacial score (nSPS) is 19.5. The summed E-state index contributed by atoms with van der Waals surface area (Å²) in [5.74, 6) is 0. The van der Waals surface area contributed by atoms with Crippen LogP contribution in [-0.2, 0) is 37.9 Å². The molecule has 0 amide bonds. The maximum atomic E-state index is 2.75. The fraction of sp³-hybridized carbons (Fsp3) is 0.425. The number of benzene rings is 7. The molecule has 3 nitrogen and oxygen atoms in total. The molecule has 0 saturated heterocycles. The largest absolute Gasteiger partial charge is 0.311 e. The third kappa shape index (κ3) is 8.01. The summed E-state index contributed by atoms with van der Waals surface area (Å²) in [6, 6.07) is 48.9. The zero-order valence-electron chi connectivity index (χ0n) is 50.2. The Kier molecular flexibility index (Phi) is 11.4. The van der Waals surface area contributed by atoms with Gasteiger partial charge in [-0.3, -0.25) is 0 Å². The van der Waals surface area contributed by atoms with Crippen LogP contribution in [0, 0.1) is 20.8 Å². The Balaban J connectivity index is 1.23. The van der Waals surface area contributed by atoms with Crippen LogP contribution in [0.4, 0.5) is 51.2 Å². The molecule has 2 heterocycles. The zero-order chi connectivity index (χ0) is 54.9. The van der Waals surface area contributed by atoms with Gasteiger partial charge in [-0.15, -0.1) is 0 Å². The molecule has 5 aliphatic rings. The first-order valence-corrected chi connectivity index (χ1v) is 29.3. The van der Waals surface area contributed by atoms with Gasteiger partial charge in [-0.25, -0.2) is 0 Å². The second-order valence-electron chi connectivity index (χ2n) is 29.6. The van der Waals surface area contributed by atoms with Crippen LogP contribution in [0.2, 0.25) is 0 Å². The lowest BCUT2D eigenvalue weighted by molar-refractivity contribution is 0.332. The summed E-state index contributed by atoms with van der Waals surface area (Å²) in [4.78, 5) is 8.02. The van der Waals surface area contributed by atoms with Crippen LogP contribution < -0.4 is 31.1 Å². The Hall–Kier alpha value is -6.00. The Bertz CT molecular complexity index is 3550. The standard InChI is InChI=1S/C73H86BN3/c1-45-23-19-21-25-59(45)75(60-26-22-20-24-46(60)2)50-28-30-57-62(41-50)77(61-43-55-52(37-47(61)3)69(9,10)33-35-72(55,15)16)65-39-48(67(4,5)6)38-64-66(65)74(57)58-42-54-56(73(17,18)36-34-71(54,13)14)44-63(58)76(64)49-27-29-51-53(40-49)70(11,12)32-31-68(51,7)8/h19-30,37-44H,31-36H2,1-18H3. The second-order valence-corrected chi connectivity index (χ2v) is 29.6. The van der Waals surface area contributed by atoms with Crippen LogP contribution in [0.3, 0.4) is 0 Å². The molecule has 0 bridgehead atoms. The SMILES string of the molecule is Cc1ccccc1N(c1ccc2c(c1)N(c1cc3c(cc1C)C(C)(C)CCC3(C)C)c1cc(C(C)(C)C)cc3c1B2c1cc2c(cc1N3c1ccc3c(c1)C(C)(C)CCC3(C)C)C(C)(C)CCC2(C)C)c1ccccc1C. The van der Waals surface area contributed by atoms with Gasteiger partial charge in [0.15, 0.2) is 0 Å². The number of rotatable bonds is 5. The fourth-order valence-electron chi connectivity index (χ4n) is 14.9. The molecule has 0 fully saturated rings. The second kappa shape index (κ2) is 17.0. The van der Waals surface area contributed by atoms with Crippen molar-refractivity contribution in [2.45, 2.75) is 201 Å². The number of anilines is 9. The van der Waals surface area contributed by atoms with Crippen molar-refractivity contribution in [3.05, 3.63) is 177 Å². The predicted molar refractivity (Wildman–Crippen MR) is 334 cm³/mol. The van der Waals surface area contributed by atoms with Gasteiger partial charge in [-0.2, -0.15) is 0 Å². The highest BCUT2D eigenvalue weighted by molar-refractivity contribution is 7.00. The van der Waals surface area contributed by atoms with Crippen molar-refractivity contribution in [2.24, 2.45) is 0 Å². The van der Waals surface area contributed by atoms with Gasteiger partial charge in [-0.05, 0) is 230 Å². The van der Waals surface area contributed by atoms with Gasteiger partial charge < -0.3 is 14.7 Å². The molecule has 4 heteroatoms. The lowest BCUT2D eigenvalue weighted by atomic mass is 9.33. The van der Waals surface area contributed by atoms with Gasteiger partial charge >= 0.3 is 0 Å². The summed E-state index contributed by atoms with van der Waals surface area (Å²) in [5.41, 5.74) is 29.8. The van der Waals surface area contributed by atoms with Gasteiger partial charge in [0.05, 0.1) is 0 Å². The Morgan fingerprint density at radius 1 is 0.390 bits per heavy atom. The maximum Gasteiger partial charge on any atom is 0.252 e. The van der Waals surface area contributed by atoms with Crippen molar-refractivity contribution >= 4 is 74.3 Å². The Morgan fingerprint density at radius 3 is 1.35 bits per heavy atom. The molecule has 0 radical (unpaired) electrons. The molecule has 2 aliphatic heterocycles. The third-order valence-corrected chi connectivity index (χ3v) is 20.4. The highest BCUT2D eigenvalue weighted by Crippen LogP contribution is 2.55. The van der Waals surface area contributed by atoms with E-state index in [1.807, 2.05) is 0 Å². The van der Waals surface area contributed by atoms with E-state index < -0.39 is 0 Å². The van der Waals surface area contributed by atoms with Crippen LogP contribution in [0.25, 0.3) is 0 Å². The molecule has 0 spiro atoms. The van der Waals surface area contributed by atoms with Crippen molar-refractivity contribution in [1.82, 2.24) is 0 Å². The molecule has 7 aromatic carbocycles. The molecule has 77 heavy (non-hydrogen) atoms. The Labute approximate surface area is 464 Å². The monoisotopic (exact) mass is 1020 g/mol. The number of aryl methyl sites for hydroxylation is 3. The lowest BCUT2D eigenvalue weighted by Crippen LogP contribution is -2.62. The van der Waals surface area contributed by atoms with Crippen LogP contribution in [0.5, 0.6) is 0 Å². The van der Waals surface area contributed by atoms with Gasteiger partial charge in [0.25, 0.3) is 6.71 Å². The van der Waals surface area contributed by atoms with Gasteiger partial charge in [0, 0.05) is 51.2 Å². The molecule has 396 valence electrons. The van der Waals surface area contributed by atoms with E-state index in [4.69, 9.17) is 0 Å². The summed E-state index contributed by atoms with van der Waals surface area (Å²) in [6.45, 7) is 44.0. The smallest absolute Gasteiger partial charge is 0.252 e. The number of hydrogen-bond donors (Lipinski definition) is 0. The summed E-state index contributed by atoms with van der Waals surface area (Å²) in [5, 5.41) is 0. The first kappa shape index (κ1) is 51.7. The molecule has 3 aliphatic carbocycles. The first-order chi connectivity index (χ1) is 36.0. The summed E-state index contributed by atoms with van der Waals surface area (Å²) < 4.78 is 0. The molecular formula is C73H86BN3. The third-order valence-electron chi connectivity index (χ3n) is 20.4. The van der Waals surface area contributed by atoms with Gasteiger partial charge in [0.2, 0.25) is 0 Å². The summed E-state index contributed by atoms with van der Waals surface area (Å²) in [7, 11) is 0. The van der Waals surface area contributed by atoms with Crippen molar-refractivity contribution < 1.29 is 0 Å². The topological polar surface area (TPSA) is 9.72 Å². The van der Waals surface area contributed by atoms with E-state index in [1.54, 1.807) is 0 Å². The van der Waals surface area contributed by atoms with Crippen LogP contribution in [0.1, 0.15) is 198 Å². The van der Waals surface area contributed by atoms with Gasteiger partial charge in [-0.1, -0.05) is 165 Å². The lowest BCUT2D eigenvalue weighted by Gasteiger charge is -2.49. The minimum absolute atomic E-state index is 0.0154. The van der Waals surface area contributed by atoms with E-state index in [0.29, 0.717) is 0 Å². The van der Waals surface area contributed by atoms with E-state index in [1.165, 1.54) is 150 Å². The number of fused-ring (bicyclic) bond motifs is 7. The van der Waals surface area contributed by atoms with Gasteiger partial charge in [0.1, 0.15) is 0 Å². The summed E-state index contributed by atoms with van der Waals surface area (Å²) in [6.07, 6.45) is 7.04. The predicted octanol–water partition coefficient (Wildman–Crippen LogP) is 18.5. The minimum Gasteiger partial charge on any atom is -0.311 e. The van der Waals surface area contributed by atoms with E-state index in [9.17, 15) is 0 Å². The van der Waals surface area contributed by atoms with E-state index in [2.05, 4.69) is 261 Å². The number of nitrogens with zero attached hydrogens (tertiary/aromatic N) is 3. The highest BCUT2D eigenvalue weighted by Gasteiger charge is 2.49. The van der Waals surface area contributed by atoms with Crippen molar-refractivity contribution in [1.29, 1.82) is 0 Å². The number of para-hydroxylation sites is 2. The van der Waals surface area contributed by atoms with E-state index in [0.717, 1.165) is 12.1 Å². The van der Waals surface area contributed by atoms with Crippen molar-refractivity contribution in [2.75, 3.05) is 14.7 Å².